The van der Waals surface area contributed by atoms with Gasteiger partial charge >= 0.3 is 0 Å². The summed E-state index contributed by atoms with van der Waals surface area (Å²) in [5.41, 5.74) is 1.95. The first-order valence-electron chi connectivity index (χ1n) is 9.07. The number of halogens is 1. The van der Waals surface area contributed by atoms with Gasteiger partial charge in [0.15, 0.2) is 5.16 Å². The van der Waals surface area contributed by atoms with Crippen molar-refractivity contribution in [3.8, 4) is 5.69 Å². The highest BCUT2D eigenvalue weighted by atomic mass is 32.2. The minimum Gasteiger partial charge on any atom is -0.368 e. The summed E-state index contributed by atoms with van der Waals surface area (Å²) < 4.78 is 15.0. The lowest BCUT2D eigenvalue weighted by atomic mass is 10.2. The monoisotopic (exact) mass is 397 g/mol. The van der Waals surface area contributed by atoms with Crippen LogP contribution >= 0.6 is 11.8 Å². The van der Waals surface area contributed by atoms with Gasteiger partial charge in [-0.1, -0.05) is 30.0 Å². The molecule has 3 aromatic rings. The first-order chi connectivity index (χ1) is 13.7. The van der Waals surface area contributed by atoms with Gasteiger partial charge in [-0.3, -0.25) is 9.36 Å². The number of amides is 1. The summed E-state index contributed by atoms with van der Waals surface area (Å²) >= 11 is 1.39. The highest BCUT2D eigenvalue weighted by Crippen LogP contribution is 2.21. The van der Waals surface area contributed by atoms with Crippen LogP contribution in [0.1, 0.15) is 0 Å². The first kappa shape index (κ1) is 18.5. The van der Waals surface area contributed by atoms with Crippen molar-refractivity contribution in [1.82, 2.24) is 19.7 Å². The molecule has 0 aliphatic carbocycles. The van der Waals surface area contributed by atoms with Crippen LogP contribution in [0.3, 0.4) is 0 Å². The second kappa shape index (κ2) is 8.43. The predicted octanol–water partition coefficient (Wildman–Crippen LogP) is 2.85. The molecular formula is C20H20FN5OS. The van der Waals surface area contributed by atoms with Crippen molar-refractivity contribution in [2.24, 2.45) is 0 Å². The molecule has 1 fully saturated rings. The van der Waals surface area contributed by atoms with Crippen molar-refractivity contribution in [2.75, 3.05) is 36.8 Å². The van der Waals surface area contributed by atoms with Crippen LogP contribution in [0.2, 0.25) is 0 Å². The highest BCUT2D eigenvalue weighted by molar-refractivity contribution is 7.99. The number of nitrogens with zero attached hydrogens (tertiary/aromatic N) is 5. The van der Waals surface area contributed by atoms with Gasteiger partial charge in [0, 0.05) is 37.6 Å². The molecule has 1 aromatic heterocycles. The van der Waals surface area contributed by atoms with Gasteiger partial charge in [0.2, 0.25) is 5.91 Å². The number of para-hydroxylation sites is 1. The van der Waals surface area contributed by atoms with E-state index in [-0.39, 0.29) is 11.7 Å². The minimum absolute atomic E-state index is 0.0892. The van der Waals surface area contributed by atoms with Crippen molar-refractivity contribution < 1.29 is 9.18 Å². The fraction of sp³-hybridized carbons (Fsp3) is 0.250. The van der Waals surface area contributed by atoms with Gasteiger partial charge in [-0.2, -0.15) is 0 Å². The SMILES string of the molecule is O=C(CSc1nncn1-c1ccccc1)N1CCN(c2ccc(F)cc2)CC1. The maximum Gasteiger partial charge on any atom is 0.233 e. The van der Waals surface area contributed by atoms with Gasteiger partial charge < -0.3 is 9.80 Å². The number of thioether (sulfide) groups is 1. The molecule has 1 aliphatic rings. The Morgan fingerprint density at radius 2 is 1.68 bits per heavy atom. The topological polar surface area (TPSA) is 54.3 Å². The lowest BCUT2D eigenvalue weighted by molar-refractivity contribution is -0.128. The summed E-state index contributed by atoms with van der Waals surface area (Å²) in [6, 6.07) is 16.3. The third-order valence-electron chi connectivity index (χ3n) is 4.70. The standard InChI is InChI=1S/C20H20FN5OS/c21-16-6-8-17(9-7-16)24-10-12-25(13-11-24)19(27)14-28-20-23-22-15-26(20)18-4-2-1-3-5-18/h1-9,15H,10-14H2. The van der Waals surface area contributed by atoms with E-state index in [0.717, 1.165) is 24.5 Å². The van der Waals surface area contributed by atoms with E-state index in [1.807, 2.05) is 39.8 Å². The maximum atomic E-state index is 13.1. The normalized spacial score (nSPS) is 14.3. The number of carbonyl (C=O) groups excluding carboxylic acids is 1. The lowest BCUT2D eigenvalue weighted by Crippen LogP contribution is -2.49. The lowest BCUT2D eigenvalue weighted by Gasteiger charge is -2.36. The molecule has 144 valence electrons. The summed E-state index contributed by atoms with van der Waals surface area (Å²) in [6.45, 7) is 2.79. The van der Waals surface area contributed by atoms with Gasteiger partial charge in [-0.25, -0.2) is 4.39 Å². The van der Waals surface area contributed by atoms with Crippen LogP contribution in [0.5, 0.6) is 0 Å². The van der Waals surface area contributed by atoms with Crippen LogP contribution in [0.15, 0.2) is 66.1 Å². The summed E-state index contributed by atoms with van der Waals surface area (Å²) in [4.78, 5) is 16.6. The van der Waals surface area contributed by atoms with Gasteiger partial charge in [-0.15, -0.1) is 10.2 Å². The molecule has 0 saturated carbocycles. The molecular weight excluding hydrogens is 377 g/mol. The predicted molar refractivity (Wildman–Crippen MR) is 107 cm³/mol. The van der Waals surface area contributed by atoms with E-state index in [4.69, 9.17) is 0 Å². The number of rotatable bonds is 5. The van der Waals surface area contributed by atoms with Crippen molar-refractivity contribution in [2.45, 2.75) is 5.16 Å². The molecule has 1 aliphatic heterocycles. The summed E-state index contributed by atoms with van der Waals surface area (Å²) in [7, 11) is 0. The van der Waals surface area contributed by atoms with E-state index in [9.17, 15) is 9.18 Å². The molecule has 1 amide bonds. The Labute approximate surface area is 167 Å². The van der Waals surface area contributed by atoms with E-state index in [0.29, 0.717) is 24.0 Å². The van der Waals surface area contributed by atoms with E-state index in [1.54, 1.807) is 18.5 Å². The van der Waals surface area contributed by atoms with E-state index < -0.39 is 0 Å². The summed E-state index contributed by atoms with van der Waals surface area (Å²) in [5.74, 6) is 0.173. The molecule has 8 heteroatoms. The molecule has 1 saturated heterocycles. The second-order valence-electron chi connectivity index (χ2n) is 6.45. The first-order valence-corrected chi connectivity index (χ1v) is 10.1. The van der Waals surface area contributed by atoms with Crippen LogP contribution in [-0.4, -0.2) is 57.5 Å². The molecule has 28 heavy (non-hydrogen) atoms. The number of benzene rings is 2. The zero-order valence-electron chi connectivity index (χ0n) is 15.2. The summed E-state index contributed by atoms with van der Waals surface area (Å²) in [5, 5.41) is 8.81. The Balaban J connectivity index is 1.31. The molecule has 6 nitrogen and oxygen atoms in total. The number of aromatic nitrogens is 3. The van der Waals surface area contributed by atoms with Crippen molar-refractivity contribution >= 4 is 23.4 Å². The molecule has 0 bridgehead atoms. The zero-order valence-corrected chi connectivity index (χ0v) is 16.1. The largest absolute Gasteiger partial charge is 0.368 e. The van der Waals surface area contributed by atoms with Gasteiger partial charge in [0.05, 0.1) is 5.75 Å². The molecule has 2 heterocycles. The number of hydrogen-bond donors (Lipinski definition) is 0. The van der Waals surface area contributed by atoms with Gasteiger partial charge in [0.25, 0.3) is 0 Å². The quantitative estimate of drug-likeness (QED) is 0.620. The second-order valence-corrected chi connectivity index (χ2v) is 7.39. The Bertz CT molecular complexity index is 923. The van der Waals surface area contributed by atoms with Crippen molar-refractivity contribution in [3.05, 3.63) is 66.7 Å². The molecule has 0 spiro atoms. The van der Waals surface area contributed by atoms with Gasteiger partial charge in [0.1, 0.15) is 12.1 Å². The molecule has 0 atom stereocenters. The summed E-state index contributed by atoms with van der Waals surface area (Å²) in [6.07, 6.45) is 1.66. The Morgan fingerprint density at radius 3 is 2.39 bits per heavy atom. The van der Waals surface area contributed by atoms with Crippen LogP contribution < -0.4 is 4.90 Å². The van der Waals surface area contributed by atoms with Crippen LogP contribution in [0, 0.1) is 5.82 Å². The Morgan fingerprint density at radius 1 is 0.964 bits per heavy atom. The number of anilines is 1. The van der Waals surface area contributed by atoms with E-state index in [1.165, 1.54) is 23.9 Å². The van der Waals surface area contributed by atoms with Crippen molar-refractivity contribution in [1.29, 1.82) is 0 Å². The van der Waals surface area contributed by atoms with Gasteiger partial charge in [-0.05, 0) is 36.4 Å². The molecule has 0 N–H and O–H groups in total. The maximum absolute atomic E-state index is 13.1. The highest BCUT2D eigenvalue weighted by Gasteiger charge is 2.22. The van der Waals surface area contributed by atoms with E-state index in [2.05, 4.69) is 15.1 Å². The third kappa shape index (κ3) is 4.17. The van der Waals surface area contributed by atoms with Crippen molar-refractivity contribution in [3.63, 3.8) is 0 Å². The molecule has 2 aromatic carbocycles. The molecule has 0 unspecified atom stereocenters. The number of hydrogen-bond acceptors (Lipinski definition) is 5. The van der Waals surface area contributed by atoms with Crippen LogP contribution in [0.25, 0.3) is 5.69 Å². The van der Waals surface area contributed by atoms with E-state index >= 15 is 0 Å². The van der Waals surface area contributed by atoms with Crippen LogP contribution in [0.4, 0.5) is 10.1 Å². The van der Waals surface area contributed by atoms with Crippen LogP contribution in [-0.2, 0) is 4.79 Å². The fourth-order valence-corrected chi connectivity index (χ4v) is 4.00. The average molecular weight is 397 g/mol. The number of carbonyl (C=O) groups is 1. The third-order valence-corrected chi connectivity index (χ3v) is 5.63. The fourth-order valence-electron chi connectivity index (χ4n) is 3.17. The number of piperazine rings is 1. The Hall–Kier alpha value is -2.87. The Kier molecular flexibility index (Phi) is 5.57. The smallest absolute Gasteiger partial charge is 0.233 e. The molecule has 4 rings (SSSR count). The molecule has 0 radical (unpaired) electrons. The average Bonchev–Trinajstić information content (AvgIpc) is 3.22. The zero-order chi connectivity index (χ0) is 19.3. The minimum atomic E-state index is -0.238.